The van der Waals surface area contributed by atoms with E-state index in [1.54, 1.807) is 11.8 Å². The van der Waals surface area contributed by atoms with Gasteiger partial charge in [-0.25, -0.2) is 0 Å². The molecule has 2 rings (SSSR count). The molecule has 0 radical (unpaired) electrons. The van der Waals surface area contributed by atoms with E-state index in [0.717, 1.165) is 29.2 Å². The molecule has 0 unspecified atom stereocenters. The Bertz CT molecular complexity index is 589. The van der Waals surface area contributed by atoms with Crippen LogP contribution in [0.5, 0.6) is 0 Å². The van der Waals surface area contributed by atoms with E-state index in [0.29, 0.717) is 12.3 Å². The van der Waals surface area contributed by atoms with Crippen LogP contribution in [0.2, 0.25) is 5.02 Å². The first-order valence-electron chi connectivity index (χ1n) is 7.37. The normalized spacial score (nSPS) is 10.4. The molecule has 0 bridgehead atoms. The summed E-state index contributed by atoms with van der Waals surface area (Å²) in [7, 11) is 0. The minimum absolute atomic E-state index is 0.0973. The molecule has 0 aliphatic rings. The Labute approximate surface area is 141 Å². The van der Waals surface area contributed by atoms with Crippen LogP contribution in [0.1, 0.15) is 17.5 Å². The Morgan fingerprint density at radius 3 is 2.55 bits per heavy atom. The summed E-state index contributed by atoms with van der Waals surface area (Å²) in [6.45, 7) is 0.690. The van der Waals surface area contributed by atoms with Crippen LogP contribution in [0.4, 0.5) is 0 Å². The quantitative estimate of drug-likeness (QED) is 0.729. The molecule has 0 saturated heterocycles. The highest BCUT2D eigenvalue weighted by molar-refractivity contribution is 7.99. The van der Waals surface area contributed by atoms with Gasteiger partial charge >= 0.3 is 0 Å². The summed E-state index contributed by atoms with van der Waals surface area (Å²) in [6.07, 6.45) is 1.79. The van der Waals surface area contributed by atoms with Gasteiger partial charge in [0.05, 0.1) is 5.75 Å². The summed E-state index contributed by atoms with van der Waals surface area (Å²) in [5.74, 6) is 1.47. The Morgan fingerprint density at radius 1 is 1.05 bits per heavy atom. The van der Waals surface area contributed by atoms with Crippen LogP contribution in [0.15, 0.2) is 54.6 Å². The molecule has 0 spiro atoms. The first kappa shape index (κ1) is 16.9. The molecule has 2 aromatic carbocycles. The van der Waals surface area contributed by atoms with Crippen molar-refractivity contribution in [1.29, 1.82) is 0 Å². The van der Waals surface area contributed by atoms with Crippen molar-refractivity contribution >= 4 is 29.3 Å². The highest BCUT2D eigenvalue weighted by Crippen LogP contribution is 2.16. The Hall–Kier alpha value is -1.45. The van der Waals surface area contributed by atoms with Crippen molar-refractivity contribution in [3.8, 4) is 0 Å². The van der Waals surface area contributed by atoms with Crippen LogP contribution in [0, 0.1) is 0 Å². The summed E-state index contributed by atoms with van der Waals surface area (Å²) in [4.78, 5) is 11.8. The van der Waals surface area contributed by atoms with E-state index in [2.05, 4.69) is 17.4 Å². The van der Waals surface area contributed by atoms with E-state index in [1.807, 2.05) is 42.5 Å². The Kier molecular flexibility index (Phi) is 7.34. The van der Waals surface area contributed by atoms with Crippen molar-refractivity contribution in [3.63, 3.8) is 0 Å². The van der Waals surface area contributed by atoms with Crippen LogP contribution < -0.4 is 5.32 Å². The average Bonchev–Trinajstić information content (AvgIpc) is 2.54. The van der Waals surface area contributed by atoms with Gasteiger partial charge in [-0.1, -0.05) is 60.1 Å². The van der Waals surface area contributed by atoms with Gasteiger partial charge in [-0.15, -0.1) is 11.8 Å². The van der Waals surface area contributed by atoms with Gasteiger partial charge in [0.25, 0.3) is 0 Å². The van der Waals surface area contributed by atoms with Gasteiger partial charge < -0.3 is 5.32 Å². The summed E-state index contributed by atoms with van der Waals surface area (Å²) in [5, 5.41) is 3.75. The van der Waals surface area contributed by atoms with Gasteiger partial charge in [-0.3, -0.25) is 4.79 Å². The van der Waals surface area contributed by atoms with Crippen LogP contribution in [0.25, 0.3) is 0 Å². The molecule has 116 valence electrons. The van der Waals surface area contributed by atoms with E-state index < -0.39 is 0 Å². The largest absolute Gasteiger partial charge is 0.355 e. The average molecular weight is 334 g/mol. The molecule has 0 atom stereocenters. The third-order valence-corrected chi connectivity index (χ3v) is 4.62. The van der Waals surface area contributed by atoms with E-state index in [9.17, 15) is 4.79 Å². The molecule has 4 heteroatoms. The summed E-state index contributed by atoms with van der Waals surface area (Å²) in [5.41, 5.74) is 2.39. The second kappa shape index (κ2) is 9.54. The monoisotopic (exact) mass is 333 g/mol. The Balaban J connectivity index is 1.57. The fourth-order valence-electron chi connectivity index (χ4n) is 2.09. The first-order chi connectivity index (χ1) is 10.8. The van der Waals surface area contributed by atoms with Gasteiger partial charge in [0.2, 0.25) is 5.91 Å². The minimum atomic E-state index is 0.0973. The lowest BCUT2D eigenvalue weighted by atomic mass is 10.1. The zero-order chi connectivity index (χ0) is 15.6. The number of rotatable bonds is 8. The van der Waals surface area contributed by atoms with Gasteiger partial charge in [0.15, 0.2) is 0 Å². The molecule has 0 fully saturated rings. The first-order valence-corrected chi connectivity index (χ1v) is 8.91. The molecular weight excluding hydrogens is 314 g/mol. The fraction of sp³-hybridized carbons (Fsp3) is 0.278. The zero-order valence-electron chi connectivity index (χ0n) is 12.4. The summed E-state index contributed by atoms with van der Waals surface area (Å²) in [6, 6.07) is 18.0. The van der Waals surface area contributed by atoms with Gasteiger partial charge in [-0.05, 0) is 30.0 Å². The number of hydrogen-bond acceptors (Lipinski definition) is 2. The lowest BCUT2D eigenvalue weighted by molar-refractivity contribution is -0.118. The maximum atomic E-state index is 11.8. The van der Waals surface area contributed by atoms with E-state index in [1.165, 1.54) is 5.56 Å². The standard InChI is InChI=1S/C18H20ClNOS/c19-17-11-5-4-9-16(17)10-6-12-20-18(21)14-22-13-15-7-2-1-3-8-15/h1-5,7-9,11H,6,10,12-14H2,(H,20,21). The van der Waals surface area contributed by atoms with Crippen LogP contribution in [-0.2, 0) is 17.0 Å². The molecule has 0 aliphatic carbocycles. The predicted octanol–water partition coefficient (Wildman–Crippen LogP) is 4.32. The van der Waals surface area contributed by atoms with Crippen molar-refractivity contribution in [1.82, 2.24) is 5.32 Å². The molecular formula is C18H20ClNOS. The van der Waals surface area contributed by atoms with Crippen LogP contribution in [-0.4, -0.2) is 18.2 Å². The number of carbonyl (C=O) groups is 1. The zero-order valence-corrected chi connectivity index (χ0v) is 14.0. The second-order valence-electron chi connectivity index (χ2n) is 5.02. The number of nitrogens with one attached hydrogen (secondary N) is 1. The number of halogens is 1. The minimum Gasteiger partial charge on any atom is -0.355 e. The molecule has 2 nitrogen and oxygen atoms in total. The molecule has 1 amide bonds. The van der Waals surface area contributed by atoms with Crippen LogP contribution >= 0.6 is 23.4 Å². The molecule has 0 heterocycles. The number of amides is 1. The molecule has 0 aromatic heterocycles. The van der Waals surface area contributed by atoms with Crippen LogP contribution in [0.3, 0.4) is 0 Å². The topological polar surface area (TPSA) is 29.1 Å². The van der Waals surface area contributed by atoms with E-state index >= 15 is 0 Å². The number of aryl methyl sites for hydroxylation is 1. The van der Waals surface area contributed by atoms with Crippen molar-refractivity contribution in [3.05, 3.63) is 70.7 Å². The fourth-order valence-corrected chi connectivity index (χ4v) is 3.14. The van der Waals surface area contributed by atoms with Gasteiger partial charge in [0.1, 0.15) is 0 Å². The number of benzene rings is 2. The molecule has 2 aromatic rings. The second-order valence-corrected chi connectivity index (χ2v) is 6.42. The maximum absolute atomic E-state index is 11.8. The summed E-state index contributed by atoms with van der Waals surface area (Å²) < 4.78 is 0. The predicted molar refractivity (Wildman–Crippen MR) is 95.4 cm³/mol. The smallest absolute Gasteiger partial charge is 0.230 e. The Morgan fingerprint density at radius 2 is 1.77 bits per heavy atom. The lowest BCUT2D eigenvalue weighted by Gasteiger charge is -2.06. The molecule has 0 saturated carbocycles. The molecule has 22 heavy (non-hydrogen) atoms. The maximum Gasteiger partial charge on any atom is 0.230 e. The van der Waals surface area contributed by atoms with Crippen molar-refractivity contribution in [2.75, 3.05) is 12.3 Å². The van der Waals surface area contributed by atoms with Gasteiger partial charge in [-0.2, -0.15) is 0 Å². The van der Waals surface area contributed by atoms with Crippen molar-refractivity contribution < 1.29 is 4.79 Å². The third kappa shape index (κ3) is 6.12. The number of hydrogen-bond donors (Lipinski definition) is 1. The van der Waals surface area contributed by atoms with E-state index in [4.69, 9.17) is 11.6 Å². The number of carbonyl (C=O) groups excluding carboxylic acids is 1. The highest BCUT2D eigenvalue weighted by atomic mass is 35.5. The van der Waals surface area contributed by atoms with E-state index in [-0.39, 0.29) is 5.91 Å². The highest BCUT2D eigenvalue weighted by Gasteiger charge is 2.02. The van der Waals surface area contributed by atoms with Crippen molar-refractivity contribution in [2.45, 2.75) is 18.6 Å². The third-order valence-electron chi connectivity index (χ3n) is 3.25. The molecule has 1 N–H and O–H groups in total. The van der Waals surface area contributed by atoms with Gasteiger partial charge in [0, 0.05) is 17.3 Å². The lowest BCUT2D eigenvalue weighted by Crippen LogP contribution is -2.26. The molecule has 0 aliphatic heterocycles. The SMILES string of the molecule is O=C(CSCc1ccccc1)NCCCc1ccccc1Cl. The summed E-state index contributed by atoms with van der Waals surface area (Å²) >= 11 is 7.74. The number of thioether (sulfide) groups is 1. The van der Waals surface area contributed by atoms with Crippen molar-refractivity contribution in [2.24, 2.45) is 0 Å².